The minimum Gasteiger partial charge on any atom is -0.338 e. The Morgan fingerprint density at radius 1 is 1.02 bits per heavy atom. The summed E-state index contributed by atoms with van der Waals surface area (Å²) in [4.78, 5) is 37.0. The molecule has 2 amide bonds. The minimum atomic E-state index is -2.79. The molecule has 216 valence electrons. The Kier molecular flexibility index (Phi) is 7.97. The molecule has 0 bridgehead atoms. The number of hydrogen-bond donors (Lipinski definition) is 0. The molecule has 1 saturated carbocycles. The molecule has 6 nitrogen and oxygen atoms in total. The number of pyridine rings is 1. The van der Waals surface area contributed by atoms with Gasteiger partial charge in [0, 0.05) is 74.8 Å². The van der Waals surface area contributed by atoms with E-state index in [-0.39, 0.29) is 35.8 Å². The highest BCUT2D eigenvalue weighted by atomic mass is 19.3. The van der Waals surface area contributed by atoms with Crippen LogP contribution in [0, 0.1) is 25.6 Å². The number of carbonyl (C=O) groups excluding carboxylic acids is 2. The molecule has 3 heterocycles. The molecule has 2 saturated heterocycles. The summed E-state index contributed by atoms with van der Waals surface area (Å²) in [6.45, 7) is 9.00. The number of amides is 2. The van der Waals surface area contributed by atoms with Gasteiger partial charge in [-0.3, -0.25) is 19.5 Å². The van der Waals surface area contributed by atoms with Gasteiger partial charge in [-0.1, -0.05) is 18.2 Å². The van der Waals surface area contributed by atoms with Crippen LogP contribution in [0.15, 0.2) is 36.5 Å². The Balaban J connectivity index is 1.22. The predicted molar refractivity (Wildman–Crippen MR) is 146 cm³/mol. The number of alkyl halides is 2. The normalized spacial score (nSPS) is 21.6. The zero-order chi connectivity index (χ0) is 28.7. The first kappa shape index (κ1) is 28.6. The van der Waals surface area contributed by atoms with Gasteiger partial charge in [0.15, 0.2) is 0 Å². The summed E-state index contributed by atoms with van der Waals surface area (Å²) in [5.74, 6) is -4.13. The van der Waals surface area contributed by atoms with Crippen molar-refractivity contribution in [3.8, 4) is 0 Å². The van der Waals surface area contributed by atoms with Crippen molar-refractivity contribution in [1.82, 2.24) is 19.7 Å². The van der Waals surface area contributed by atoms with Gasteiger partial charge in [0.2, 0.25) is 11.8 Å². The number of halogens is 3. The summed E-state index contributed by atoms with van der Waals surface area (Å²) in [7, 11) is 0. The number of carbonyl (C=O) groups is 2. The lowest BCUT2D eigenvalue weighted by Gasteiger charge is -2.50. The standard InChI is InChI=1S/C31H39F3N4O2/c1-21-8-13-35-22(2)27(21)29(40)36-16-11-30(3,12-17-36)37-14-9-25(10-15-37)38(20-23-6-4-5-7-26(23)32)28(39)24-18-31(33,34)19-24/h4-8,13,24-25H,9-12,14-20H2,1-3H3. The number of benzene rings is 1. The molecule has 3 fully saturated rings. The topological polar surface area (TPSA) is 56.8 Å². The molecule has 1 aromatic carbocycles. The van der Waals surface area contributed by atoms with E-state index in [0.717, 1.165) is 37.2 Å². The number of piperidine rings is 2. The second kappa shape index (κ2) is 11.1. The van der Waals surface area contributed by atoms with E-state index in [0.29, 0.717) is 37.1 Å². The molecular weight excluding hydrogens is 517 g/mol. The van der Waals surface area contributed by atoms with Gasteiger partial charge in [-0.15, -0.1) is 0 Å². The van der Waals surface area contributed by atoms with Crippen LogP contribution in [0.3, 0.4) is 0 Å². The Morgan fingerprint density at radius 2 is 1.68 bits per heavy atom. The van der Waals surface area contributed by atoms with Gasteiger partial charge in [-0.2, -0.15) is 0 Å². The van der Waals surface area contributed by atoms with Gasteiger partial charge in [0.1, 0.15) is 5.82 Å². The number of aromatic nitrogens is 1. The molecule has 2 aromatic rings. The van der Waals surface area contributed by atoms with E-state index in [4.69, 9.17) is 0 Å². The highest BCUT2D eigenvalue weighted by Crippen LogP contribution is 2.44. The molecule has 5 rings (SSSR count). The lowest BCUT2D eigenvalue weighted by atomic mass is 9.79. The van der Waals surface area contributed by atoms with Crippen molar-refractivity contribution in [2.75, 3.05) is 26.2 Å². The van der Waals surface area contributed by atoms with Crippen LogP contribution in [0.4, 0.5) is 13.2 Å². The minimum absolute atomic E-state index is 0.0349. The first-order valence-corrected chi connectivity index (χ1v) is 14.4. The van der Waals surface area contributed by atoms with Gasteiger partial charge in [0.05, 0.1) is 11.3 Å². The van der Waals surface area contributed by atoms with E-state index in [1.807, 2.05) is 24.8 Å². The van der Waals surface area contributed by atoms with Gasteiger partial charge in [0.25, 0.3) is 5.91 Å². The predicted octanol–water partition coefficient (Wildman–Crippen LogP) is 5.37. The van der Waals surface area contributed by atoms with Crippen molar-refractivity contribution >= 4 is 11.8 Å². The molecule has 9 heteroatoms. The van der Waals surface area contributed by atoms with Crippen LogP contribution in [0.25, 0.3) is 0 Å². The second-order valence-corrected chi connectivity index (χ2v) is 12.1. The fourth-order valence-corrected chi connectivity index (χ4v) is 6.67. The van der Waals surface area contributed by atoms with Gasteiger partial charge < -0.3 is 9.80 Å². The van der Waals surface area contributed by atoms with Crippen LogP contribution in [-0.4, -0.2) is 75.2 Å². The molecular formula is C31H39F3N4O2. The van der Waals surface area contributed by atoms with Crippen molar-refractivity contribution < 1.29 is 22.8 Å². The van der Waals surface area contributed by atoms with Crippen molar-refractivity contribution in [3.63, 3.8) is 0 Å². The maximum Gasteiger partial charge on any atom is 0.255 e. The van der Waals surface area contributed by atoms with Crippen molar-refractivity contribution in [2.45, 2.75) is 83.3 Å². The SMILES string of the molecule is Cc1ccnc(C)c1C(=O)N1CCC(C)(N2CCC(N(Cc3ccccc3F)C(=O)C3CC(F)(F)C3)CC2)CC1. The summed E-state index contributed by atoms with van der Waals surface area (Å²) >= 11 is 0. The summed E-state index contributed by atoms with van der Waals surface area (Å²) in [6.07, 6.45) is 3.97. The smallest absolute Gasteiger partial charge is 0.255 e. The third-order valence-electron chi connectivity index (χ3n) is 9.38. The maximum atomic E-state index is 14.5. The summed E-state index contributed by atoms with van der Waals surface area (Å²) in [5.41, 5.74) is 2.72. The van der Waals surface area contributed by atoms with Crippen LogP contribution in [0.5, 0.6) is 0 Å². The fraction of sp³-hybridized carbons (Fsp3) is 0.581. The number of rotatable bonds is 6. The number of likely N-dealkylation sites (tertiary alicyclic amines) is 2. The maximum absolute atomic E-state index is 14.5. The van der Waals surface area contributed by atoms with Crippen molar-refractivity contribution in [3.05, 3.63) is 64.7 Å². The summed E-state index contributed by atoms with van der Waals surface area (Å²) < 4.78 is 41.7. The third-order valence-corrected chi connectivity index (χ3v) is 9.38. The first-order chi connectivity index (χ1) is 19.0. The van der Waals surface area contributed by atoms with Crippen LogP contribution >= 0.6 is 0 Å². The van der Waals surface area contributed by atoms with Crippen molar-refractivity contribution in [2.24, 2.45) is 5.92 Å². The van der Waals surface area contributed by atoms with Gasteiger partial charge >= 0.3 is 0 Å². The Hall–Kier alpha value is -2.94. The molecule has 40 heavy (non-hydrogen) atoms. The summed E-state index contributed by atoms with van der Waals surface area (Å²) in [5, 5.41) is 0. The van der Waals surface area contributed by atoms with E-state index in [9.17, 15) is 22.8 Å². The lowest BCUT2D eigenvalue weighted by Crippen LogP contribution is -2.59. The zero-order valence-electron chi connectivity index (χ0n) is 23.6. The van der Waals surface area contributed by atoms with Crippen LogP contribution in [-0.2, 0) is 11.3 Å². The van der Waals surface area contributed by atoms with Crippen LogP contribution in [0.1, 0.15) is 72.6 Å². The average Bonchev–Trinajstić information content (AvgIpc) is 2.91. The number of nitrogens with zero attached hydrogens (tertiary/aromatic N) is 4. The monoisotopic (exact) mass is 556 g/mol. The lowest BCUT2D eigenvalue weighted by molar-refractivity contribution is -0.163. The average molecular weight is 557 g/mol. The highest BCUT2D eigenvalue weighted by molar-refractivity contribution is 5.96. The molecule has 0 atom stereocenters. The number of hydrogen-bond acceptors (Lipinski definition) is 4. The Bertz CT molecular complexity index is 1220. The van der Waals surface area contributed by atoms with E-state index >= 15 is 0 Å². The molecule has 2 aliphatic heterocycles. The van der Waals surface area contributed by atoms with Crippen molar-refractivity contribution in [1.29, 1.82) is 0 Å². The largest absolute Gasteiger partial charge is 0.338 e. The third kappa shape index (κ3) is 5.76. The Morgan fingerprint density at radius 3 is 2.27 bits per heavy atom. The van der Waals surface area contributed by atoms with Gasteiger partial charge in [-0.25, -0.2) is 13.2 Å². The molecule has 0 unspecified atom stereocenters. The highest BCUT2D eigenvalue weighted by Gasteiger charge is 2.51. The molecule has 0 N–H and O–H groups in total. The quantitative estimate of drug-likeness (QED) is 0.480. The van der Waals surface area contributed by atoms with E-state index in [1.165, 1.54) is 6.07 Å². The molecule has 1 aromatic heterocycles. The van der Waals surface area contributed by atoms with Gasteiger partial charge in [-0.05, 0) is 64.2 Å². The van der Waals surface area contributed by atoms with Crippen LogP contribution < -0.4 is 0 Å². The molecule has 3 aliphatic rings. The second-order valence-electron chi connectivity index (χ2n) is 12.1. The van der Waals surface area contributed by atoms with Crippen LogP contribution in [0.2, 0.25) is 0 Å². The Labute approximate surface area is 234 Å². The zero-order valence-corrected chi connectivity index (χ0v) is 23.6. The van der Waals surface area contributed by atoms with E-state index in [1.54, 1.807) is 29.3 Å². The molecule has 1 aliphatic carbocycles. The molecule has 0 spiro atoms. The van der Waals surface area contributed by atoms with E-state index in [2.05, 4.69) is 16.8 Å². The fourth-order valence-electron chi connectivity index (χ4n) is 6.67. The first-order valence-electron chi connectivity index (χ1n) is 14.4. The summed E-state index contributed by atoms with van der Waals surface area (Å²) in [6, 6.07) is 8.11. The molecule has 0 radical (unpaired) electrons. The number of aryl methyl sites for hydroxylation is 2. The van der Waals surface area contributed by atoms with E-state index < -0.39 is 24.7 Å².